The third kappa shape index (κ3) is 2.97. The van der Waals surface area contributed by atoms with Crippen LogP contribution in [0.5, 0.6) is 5.75 Å². The maximum absolute atomic E-state index is 11.8. The van der Waals surface area contributed by atoms with Crippen LogP contribution in [0.1, 0.15) is 11.1 Å². The summed E-state index contributed by atoms with van der Waals surface area (Å²) in [6.45, 7) is 4.30. The van der Waals surface area contributed by atoms with E-state index in [1.54, 1.807) is 26.1 Å². The minimum atomic E-state index is 0.0100. The molecule has 0 unspecified atom stereocenters. The van der Waals surface area contributed by atoms with Gasteiger partial charge in [0.25, 0.3) is 0 Å². The molecule has 0 aliphatic heterocycles. The molecule has 0 spiro atoms. The Kier molecular flexibility index (Phi) is 4.52. The van der Waals surface area contributed by atoms with Crippen LogP contribution in [-0.2, 0) is 4.79 Å². The van der Waals surface area contributed by atoms with Gasteiger partial charge in [0.15, 0.2) is 0 Å². The third-order valence-corrected chi connectivity index (χ3v) is 2.67. The number of rotatable bonds is 4. The molecule has 0 radical (unpaired) electrons. The van der Waals surface area contributed by atoms with Crippen molar-refractivity contribution in [3.05, 3.63) is 23.3 Å². The van der Waals surface area contributed by atoms with Gasteiger partial charge in [-0.1, -0.05) is 6.07 Å². The number of aryl methyl sites for hydroxylation is 2. The van der Waals surface area contributed by atoms with Crippen LogP contribution in [0.25, 0.3) is 0 Å². The maximum Gasteiger partial charge on any atom is 0.240 e. The highest BCUT2D eigenvalue weighted by atomic mass is 16.5. The molecule has 0 aliphatic rings. The lowest BCUT2D eigenvalue weighted by Crippen LogP contribution is -2.34. The molecular weight excluding hydrogens is 216 g/mol. The highest BCUT2D eigenvalue weighted by molar-refractivity contribution is 5.96. The number of amides is 1. The van der Waals surface area contributed by atoms with Crippen LogP contribution in [0.3, 0.4) is 0 Å². The fraction of sp³-hybridized carbons (Fsp3) is 0.462. The van der Waals surface area contributed by atoms with E-state index in [9.17, 15) is 4.79 Å². The summed E-state index contributed by atoms with van der Waals surface area (Å²) in [7, 11) is 5.14. The van der Waals surface area contributed by atoms with Gasteiger partial charge in [-0.2, -0.15) is 0 Å². The molecule has 0 heterocycles. The number of nitrogens with one attached hydrogen (secondary N) is 1. The van der Waals surface area contributed by atoms with E-state index in [-0.39, 0.29) is 5.91 Å². The van der Waals surface area contributed by atoms with E-state index in [0.717, 1.165) is 22.6 Å². The second kappa shape index (κ2) is 5.68. The van der Waals surface area contributed by atoms with Crippen molar-refractivity contribution in [2.45, 2.75) is 13.8 Å². The standard InChI is InChI=1S/C13H20N2O2/c1-9-6-10(2)13(17-5)11(7-9)15(4)12(16)8-14-3/h6-7,14H,8H2,1-5H3. The van der Waals surface area contributed by atoms with Crippen molar-refractivity contribution < 1.29 is 9.53 Å². The summed E-state index contributed by atoms with van der Waals surface area (Å²) in [4.78, 5) is 13.5. The van der Waals surface area contributed by atoms with Crippen molar-refractivity contribution in [1.82, 2.24) is 5.32 Å². The van der Waals surface area contributed by atoms with E-state index in [2.05, 4.69) is 5.32 Å². The van der Waals surface area contributed by atoms with Crippen molar-refractivity contribution >= 4 is 11.6 Å². The van der Waals surface area contributed by atoms with Crippen molar-refractivity contribution in [3.8, 4) is 5.75 Å². The molecule has 0 saturated heterocycles. The van der Waals surface area contributed by atoms with E-state index in [4.69, 9.17) is 4.74 Å². The van der Waals surface area contributed by atoms with Crippen LogP contribution < -0.4 is 15.0 Å². The maximum atomic E-state index is 11.8. The lowest BCUT2D eigenvalue weighted by Gasteiger charge is -2.21. The summed E-state index contributed by atoms with van der Waals surface area (Å²) in [6, 6.07) is 4.00. The molecule has 4 heteroatoms. The van der Waals surface area contributed by atoms with Gasteiger partial charge in [-0.25, -0.2) is 0 Å². The highest BCUT2D eigenvalue weighted by Gasteiger charge is 2.16. The van der Waals surface area contributed by atoms with Gasteiger partial charge in [-0.05, 0) is 38.1 Å². The number of hydrogen-bond donors (Lipinski definition) is 1. The molecule has 1 N–H and O–H groups in total. The lowest BCUT2D eigenvalue weighted by atomic mass is 10.1. The molecule has 0 aromatic heterocycles. The van der Waals surface area contributed by atoms with Crippen molar-refractivity contribution in [2.75, 3.05) is 32.6 Å². The second-order valence-electron chi connectivity index (χ2n) is 4.12. The number of carbonyl (C=O) groups is 1. The fourth-order valence-electron chi connectivity index (χ4n) is 1.85. The third-order valence-electron chi connectivity index (χ3n) is 2.67. The van der Waals surface area contributed by atoms with Gasteiger partial charge in [0, 0.05) is 7.05 Å². The Balaban J connectivity index is 3.15. The van der Waals surface area contributed by atoms with Crippen molar-refractivity contribution in [1.29, 1.82) is 0 Å². The van der Waals surface area contributed by atoms with Gasteiger partial charge in [0.2, 0.25) is 5.91 Å². The van der Waals surface area contributed by atoms with Crippen molar-refractivity contribution in [3.63, 3.8) is 0 Å². The van der Waals surface area contributed by atoms with Crippen LogP contribution in [0, 0.1) is 13.8 Å². The molecule has 1 rings (SSSR count). The Labute approximate surface area is 103 Å². The zero-order valence-electron chi connectivity index (χ0n) is 11.1. The average Bonchev–Trinajstić information content (AvgIpc) is 2.27. The average molecular weight is 236 g/mol. The van der Waals surface area contributed by atoms with Crippen LogP contribution >= 0.6 is 0 Å². The van der Waals surface area contributed by atoms with Gasteiger partial charge >= 0.3 is 0 Å². The first kappa shape index (κ1) is 13.5. The van der Waals surface area contributed by atoms with Gasteiger partial charge in [-0.3, -0.25) is 4.79 Å². The smallest absolute Gasteiger partial charge is 0.240 e. The predicted molar refractivity (Wildman–Crippen MR) is 69.8 cm³/mol. The molecule has 17 heavy (non-hydrogen) atoms. The zero-order valence-corrected chi connectivity index (χ0v) is 11.1. The molecule has 1 aromatic rings. The Morgan fingerprint density at radius 1 is 1.41 bits per heavy atom. The van der Waals surface area contributed by atoms with Gasteiger partial charge in [0.05, 0.1) is 19.3 Å². The molecule has 0 bridgehead atoms. The minimum Gasteiger partial charge on any atom is -0.494 e. The van der Waals surface area contributed by atoms with Gasteiger partial charge < -0.3 is 15.0 Å². The van der Waals surface area contributed by atoms with Crippen LogP contribution in [0.2, 0.25) is 0 Å². The number of hydrogen-bond acceptors (Lipinski definition) is 3. The molecule has 0 saturated carbocycles. The number of carbonyl (C=O) groups excluding carboxylic acids is 1. The predicted octanol–water partition coefficient (Wildman–Crippen LogP) is 1.49. The SMILES string of the molecule is CNCC(=O)N(C)c1cc(C)cc(C)c1OC. The molecule has 1 amide bonds. The monoisotopic (exact) mass is 236 g/mol. The summed E-state index contributed by atoms with van der Waals surface area (Å²) in [5.74, 6) is 0.762. The Morgan fingerprint density at radius 2 is 2.06 bits per heavy atom. The number of nitrogens with zero attached hydrogens (tertiary/aromatic N) is 1. The Bertz CT molecular complexity index is 416. The van der Waals surface area contributed by atoms with Gasteiger partial charge in [0.1, 0.15) is 5.75 Å². The molecule has 1 aromatic carbocycles. The summed E-state index contributed by atoms with van der Waals surface area (Å²) in [5, 5.41) is 2.85. The van der Waals surface area contributed by atoms with Crippen LogP contribution in [0.15, 0.2) is 12.1 Å². The van der Waals surface area contributed by atoms with E-state index in [0.29, 0.717) is 6.54 Å². The van der Waals surface area contributed by atoms with Crippen molar-refractivity contribution in [2.24, 2.45) is 0 Å². The second-order valence-corrected chi connectivity index (χ2v) is 4.12. The minimum absolute atomic E-state index is 0.0100. The normalized spacial score (nSPS) is 10.2. The summed E-state index contributed by atoms with van der Waals surface area (Å²) < 4.78 is 5.37. The molecular formula is C13H20N2O2. The molecule has 0 aliphatic carbocycles. The molecule has 94 valence electrons. The number of methoxy groups -OCH3 is 1. The number of likely N-dealkylation sites (N-methyl/N-ethyl adjacent to an activating group) is 2. The lowest BCUT2D eigenvalue weighted by molar-refractivity contribution is -0.117. The summed E-state index contributed by atoms with van der Waals surface area (Å²) in [6.07, 6.45) is 0. The molecule has 0 fully saturated rings. The summed E-state index contributed by atoms with van der Waals surface area (Å²) >= 11 is 0. The first-order valence-electron chi connectivity index (χ1n) is 5.57. The van der Waals surface area contributed by atoms with Crippen LogP contribution in [0.4, 0.5) is 5.69 Å². The van der Waals surface area contributed by atoms with E-state index in [1.807, 2.05) is 26.0 Å². The quantitative estimate of drug-likeness (QED) is 0.861. The zero-order chi connectivity index (χ0) is 13.0. The highest BCUT2D eigenvalue weighted by Crippen LogP contribution is 2.32. The molecule has 0 atom stereocenters. The van der Waals surface area contributed by atoms with E-state index < -0.39 is 0 Å². The Hall–Kier alpha value is -1.55. The van der Waals surface area contributed by atoms with Crippen LogP contribution in [-0.4, -0.2) is 33.7 Å². The van der Waals surface area contributed by atoms with E-state index in [1.165, 1.54) is 0 Å². The Morgan fingerprint density at radius 3 is 2.59 bits per heavy atom. The largest absolute Gasteiger partial charge is 0.494 e. The first-order chi connectivity index (χ1) is 8.01. The summed E-state index contributed by atoms with van der Waals surface area (Å²) in [5.41, 5.74) is 2.96. The fourth-order valence-corrected chi connectivity index (χ4v) is 1.85. The number of benzene rings is 1. The number of anilines is 1. The first-order valence-corrected chi connectivity index (χ1v) is 5.57. The van der Waals surface area contributed by atoms with E-state index >= 15 is 0 Å². The molecule has 4 nitrogen and oxygen atoms in total. The topological polar surface area (TPSA) is 41.6 Å². The number of ether oxygens (including phenoxy) is 1. The van der Waals surface area contributed by atoms with Gasteiger partial charge in [-0.15, -0.1) is 0 Å².